The summed E-state index contributed by atoms with van der Waals surface area (Å²) in [5.74, 6) is 0.169. The molecule has 0 amide bonds. The Labute approximate surface area is 119 Å². The maximum atomic E-state index is 11.8. The van der Waals surface area contributed by atoms with Crippen molar-refractivity contribution >= 4 is 5.97 Å². The molecule has 1 heterocycles. The van der Waals surface area contributed by atoms with Crippen molar-refractivity contribution in [2.75, 3.05) is 13.2 Å². The van der Waals surface area contributed by atoms with Crippen LogP contribution in [-0.4, -0.2) is 29.3 Å². The Bertz CT molecular complexity index is 417. The average Bonchev–Trinajstić information content (AvgIpc) is 2.86. The van der Waals surface area contributed by atoms with E-state index in [1.54, 1.807) is 6.92 Å². The standard InChI is InChI=1S/C14H24N2O4/c1-6-10(14(17)19-8-3)13-15-12(16-20-13)11(9(4)5)18-7-2/h9-11H,6-8H2,1-5H3. The van der Waals surface area contributed by atoms with Gasteiger partial charge in [-0.25, -0.2) is 0 Å². The quantitative estimate of drug-likeness (QED) is 0.683. The fourth-order valence-corrected chi connectivity index (χ4v) is 1.93. The van der Waals surface area contributed by atoms with Crippen LogP contribution in [0.1, 0.15) is 64.8 Å². The van der Waals surface area contributed by atoms with E-state index in [1.165, 1.54) is 0 Å². The van der Waals surface area contributed by atoms with Crippen LogP contribution >= 0.6 is 0 Å². The number of carbonyl (C=O) groups excluding carboxylic acids is 1. The Morgan fingerprint density at radius 3 is 2.45 bits per heavy atom. The topological polar surface area (TPSA) is 74.5 Å². The van der Waals surface area contributed by atoms with Gasteiger partial charge in [0.1, 0.15) is 12.0 Å². The van der Waals surface area contributed by atoms with E-state index < -0.39 is 5.92 Å². The molecule has 2 atom stereocenters. The first-order valence-electron chi connectivity index (χ1n) is 7.16. The molecule has 0 N–H and O–H groups in total. The van der Waals surface area contributed by atoms with Gasteiger partial charge in [0.15, 0.2) is 0 Å². The van der Waals surface area contributed by atoms with Crippen LogP contribution in [-0.2, 0) is 14.3 Å². The molecule has 6 nitrogen and oxygen atoms in total. The van der Waals surface area contributed by atoms with Gasteiger partial charge in [-0.2, -0.15) is 4.98 Å². The number of hydrogen-bond donors (Lipinski definition) is 0. The Balaban J connectivity index is 2.91. The summed E-state index contributed by atoms with van der Waals surface area (Å²) in [4.78, 5) is 16.2. The molecule has 1 aromatic heterocycles. The van der Waals surface area contributed by atoms with E-state index in [0.29, 0.717) is 31.3 Å². The zero-order chi connectivity index (χ0) is 15.1. The third-order valence-electron chi connectivity index (χ3n) is 2.94. The summed E-state index contributed by atoms with van der Waals surface area (Å²) < 4.78 is 15.9. The lowest BCUT2D eigenvalue weighted by Gasteiger charge is -2.16. The second-order valence-electron chi connectivity index (χ2n) is 4.82. The van der Waals surface area contributed by atoms with E-state index >= 15 is 0 Å². The van der Waals surface area contributed by atoms with Gasteiger partial charge >= 0.3 is 5.97 Å². The molecule has 0 saturated carbocycles. The molecule has 0 saturated heterocycles. The van der Waals surface area contributed by atoms with E-state index in [4.69, 9.17) is 14.0 Å². The van der Waals surface area contributed by atoms with Gasteiger partial charge in [0.2, 0.25) is 11.7 Å². The summed E-state index contributed by atoms with van der Waals surface area (Å²) in [6.45, 7) is 10.5. The smallest absolute Gasteiger partial charge is 0.318 e. The number of aromatic nitrogens is 2. The summed E-state index contributed by atoms with van der Waals surface area (Å²) in [6, 6.07) is 0. The molecule has 0 spiro atoms. The van der Waals surface area contributed by atoms with Crippen LogP contribution < -0.4 is 0 Å². The lowest BCUT2D eigenvalue weighted by Crippen LogP contribution is -2.16. The molecule has 20 heavy (non-hydrogen) atoms. The first kappa shape index (κ1) is 16.6. The van der Waals surface area contributed by atoms with Gasteiger partial charge in [-0.1, -0.05) is 25.9 Å². The van der Waals surface area contributed by atoms with Crippen LogP contribution in [0.2, 0.25) is 0 Å². The molecule has 0 aliphatic heterocycles. The van der Waals surface area contributed by atoms with Gasteiger partial charge in [0.05, 0.1) is 6.61 Å². The molecule has 0 radical (unpaired) electrons. The summed E-state index contributed by atoms with van der Waals surface area (Å²) in [7, 11) is 0. The highest BCUT2D eigenvalue weighted by atomic mass is 16.5. The van der Waals surface area contributed by atoms with Crippen molar-refractivity contribution in [1.82, 2.24) is 10.1 Å². The molecule has 1 aromatic rings. The number of ether oxygens (including phenoxy) is 2. The monoisotopic (exact) mass is 284 g/mol. The Hall–Kier alpha value is -1.43. The third kappa shape index (κ3) is 4.03. The lowest BCUT2D eigenvalue weighted by molar-refractivity contribution is -0.145. The number of carbonyl (C=O) groups is 1. The van der Waals surface area contributed by atoms with E-state index in [9.17, 15) is 4.79 Å². The highest BCUT2D eigenvalue weighted by Crippen LogP contribution is 2.26. The molecular formula is C14H24N2O4. The minimum atomic E-state index is -0.509. The van der Waals surface area contributed by atoms with Crippen LogP contribution in [0.3, 0.4) is 0 Å². The Kier molecular flexibility index (Phi) is 6.64. The lowest BCUT2D eigenvalue weighted by atomic mass is 10.1. The van der Waals surface area contributed by atoms with Gasteiger partial charge in [0, 0.05) is 6.61 Å². The van der Waals surface area contributed by atoms with E-state index in [2.05, 4.69) is 10.1 Å². The molecule has 1 rings (SSSR count). The molecule has 2 unspecified atom stereocenters. The van der Waals surface area contributed by atoms with Gasteiger partial charge in [0.25, 0.3) is 0 Å². The van der Waals surface area contributed by atoms with Gasteiger partial charge in [-0.15, -0.1) is 0 Å². The van der Waals surface area contributed by atoms with Crippen molar-refractivity contribution in [3.05, 3.63) is 11.7 Å². The first-order chi connectivity index (χ1) is 9.54. The van der Waals surface area contributed by atoms with Crippen molar-refractivity contribution in [2.24, 2.45) is 5.92 Å². The molecule has 0 fully saturated rings. The normalized spacial score (nSPS) is 14.3. The van der Waals surface area contributed by atoms with Crippen LogP contribution in [0.5, 0.6) is 0 Å². The summed E-state index contributed by atoms with van der Waals surface area (Å²) in [5.41, 5.74) is 0. The van der Waals surface area contributed by atoms with Gasteiger partial charge in [-0.05, 0) is 26.2 Å². The fourth-order valence-electron chi connectivity index (χ4n) is 1.93. The molecule has 0 aliphatic carbocycles. The van der Waals surface area contributed by atoms with Crippen LogP contribution in [0.25, 0.3) is 0 Å². The fraction of sp³-hybridized carbons (Fsp3) is 0.786. The number of esters is 1. The number of rotatable bonds is 8. The van der Waals surface area contributed by atoms with Gasteiger partial charge < -0.3 is 14.0 Å². The molecule has 0 aliphatic rings. The first-order valence-corrected chi connectivity index (χ1v) is 7.16. The highest BCUT2D eigenvalue weighted by molar-refractivity contribution is 5.76. The zero-order valence-corrected chi connectivity index (χ0v) is 12.9. The number of hydrogen-bond acceptors (Lipinski definition) is 6. The molecule has 6 heteroatoms. The molecular weight excluding hydrogens is 260 g/mol. The van der Waals surface area contributed by atoms with Crippen molar-refractivity contribution in [3.63, 3.8) is 0 Å². The van der Waals surface area contributed by atoms with Crippen molar-refractivity contribution in [1.29, 1.82) is 0 Å². The van der Waals surface area contributed by atoms with Crippen LogP contribution in [0.4, 0.5) is 0 Å². The summed E-state index contributed by atoms with van der Waals surface area (Å²) in [6.07, 6.45) is 0.332. The predicted octanol–water partition coefficient (Wildman–Crippen LogP) is 2.86. The molecule has 0 aromatic carbocycles. The second-order valence-corrected chi connectivity index (χ2v) is 4.82. The largest absolute Gasteiger partial charge is 0.465 e. The Morgan fingerprint density at radius 1 is 1.25 bits per heavy atom. The van der Waals surface area contributed by atoms with Crippen molar-refractivity contribution < 1.29 is 18.8 Å². The van der Waals surface area contributed by atoms with Crippen molar-refractivity contribution in [2.45, 2.75) is 53.1 Å². The summed E-state index contributed by atoms with van der Waals surface area (Å²) in [5, 5.41) is 3.95. The molecule has 0 bridgehead atoms. The summed E-state index contributed by atoms with van der Waals surface area (Å²) >= 11 is 0. The van der Waals surface area contributed by atoms with E-state index in [-0.39, 0.29) is 18.0 Å². The minimum absolute atomic E-state index is 0.225. The average molecular weight is 284 g/mol. The highest BCUT2D eigenvalue weighted by Gasteiger charge is 2.29. The van der Waals surface area contributed by atoms with Gasteiger partial charge in [-0.3, -0.25) is 4.79 Å². The van der Waals surface area contributed by atoms with E-state index in [1.807, 2.05) is 27.7 Å². The maximum Gasteiger partial charge on any atom is 0.318 e. The van der Waals surface area contributed by atoms with Crippen LogP contribution in [0, 0.1) is 5.92 Å². The third-order valence-corrected chi connectivity index (χ3v) is 2.94. The second kappa shape index (κ2) is 7.99. The van der Waals surface area contributed by atoms with E-state index in [0.717, 1.165) is 0 Å². The molecule has 114 valence electrons. The number of nitrogens with zero attached hydrogens (tertiary/aromatic N) is 2. The minimum Gasteiger partial charge on any atom is -0.465 e. The van der Waals surface area contributed by atoms with Crippen molar-refractivity contribution in [3.8, 4) is 0 Å². The Morgan fingerprint density at radius 2 is 1.95 bits per heavy atom. The predicted molar refractivity (Wildman–Crippen MR) is 73.2 cm³/mol. The SMILES string of the molecule is CCOC(=O)C(CC)c1nc(C(OCC)C(C)C)no1. The maximum absolute atomic E-state index is 11.8. The van der Waals surface area contributed by atoms with Crippen LogP contribution in [0.15, 0.2) is 4.52 Å². The zero-order valence-electron chi connectivity index (χ0n) is 12.9.